The van der Waals surface area contributed by atoms with Gasteiger partial charge in [0.1, 0.15) is 24.3 Å². The lowest BCUT2D eigenvalue weighted by Gasteiger charge is -2.16. The van der Waals surface area contributed by atoms with Crippen molar-refractivity contribution in [2.75, 3.05) is 26.9 Å². The molecule has 0 saturated heterocycles. The number of halogens is 1. The highest BCUT2D eigenvalue weighted by atomic mass is 19.1. The molecule has 0 radical (unpaired) electrons. The lowest BCUT2D eigenvalue weighted by Crippen LogP contribution is -2.27. The van der Waals surface area contributed by atoms with Crippen LogP contribution in [0.25, 0.3) is 0 Å². The van der Waals surface area contributed by atoms with E-state index in [1.54, 1.807) is 13.2 Å². The number of aliphatic hydroxyl groups is 2. The van der Waals surface area contributed by atoms with Gasteiger partial charge in [0.15, 0.2) is 0 Å². The van der Waals surface area contributed by atoms with Crippen LogP contribution in [0.15, 0.2) is 18.2 Å². The Morgan fingerprint density at radius 3 is 2.43 bits per heavy atom. The molecule has 3 atom stereocenters. The van der Waals surface area contributed by atoms with Gasteiger partial charge in [0, 0.05) is 18.7 Å². The quantitative estimate of drug-likeness (QED) is 0.726. The summed E-state index contributed by atoms with van der Waals surface area (Å²) in [7, 11) is 1.57. The molecule has 0 aliphatic carbocycles. The van der Waals surface area contributed by atoms with Gasteiger partial charge in [0.2, 0.25) is 0 Å². The van der Waals surface area contributed by atoms with Gasteiger partial charge in [0.25, 0.3) is 0 Å². The maximum Gasteiger partial charge on any atom is 0.132 e. The first-order valence-electron chi connectivity index (χ1n) is 6.83. The highest BCUT2D eigenvalue weighted by molar-refractivity contribution is 5.30. The minimum atomic E-state index is -0.875. The number of aliphatic hydroxyl groups excluding tert-OH is 2. The van der Waals surface area contributed by atoms with Crippen molar-refractivity contribution in [3.05, 3.63) is 29.6 Å². The fourth-order valence-electron chi connectivity index (χ4n) is 1.74. The number of hydrogen-bond donors (Lipinski definition) is 2. The summed E-state index contributed by atoms with van der Waals surface area (Å²) in [5.74, 6) is -0.247. The largest absolute Gasteiger partial charge is 0.491 e. The molecule has 6 heteroatoms. The second-order valence-corrected chi connectivity index (χ2v) is 4.92. The molecule has 0 aromatic heterocycles. The van der Waals surface area contributed by atoms with Crippen LogP contribution in [0.3, 0.4) is 0 Å². The fraction of sp³-hybridized carbons (Fsp3) is 0.600. The first kappa shape index (κ1) is 17.8. The zero-order valence-electron chi connectivity index (χ0n) is 12.6. The summed E-state index contributed by atoms with van der Waals surface area (Å²) < 4.78 is 29.2. The summed E-state index contributed by atoms with van der Waals surface area (Å²) in [5, 5.41) is 19.0. The van der Waals surface area contributed by atoms with Gasteiger partial charge in [-0.15, -0.1) is 0 Å². The third-order valence-corrected chi connectivity index (χ3v) is 2.84. The molecule has 1 aromatic carbocycles. The van der Waals surface area contributed by atoms with Gasteiger partial charge >= 0.3 is 0 Å². The summed E-state index contributed by atoms with van der Waals surface area (Å²) in [5.41, 5.74) is 0.208. The highest BCUT2D eigenvalue weighted by Crippen LogP contribution is 2.21. The van der Waals surface area contributed by atoms with Gasteiger partial charge in [-0.05, 0) is 26.0 Å². The Balaban J connectivity index is 2.39. The topological polar surface area (TPSA) is 68.2 Å². The fourth-order valence-corrected chi connectivity index (χ4v) is 1.74. The van der Waals surface area contributed by atoms with Gasteiger partial charge in [-0.3, -0.25) is 0 Å². The van der Waals surface area contributed by atoms with Gasteiger partial charge in [-0.1, -0.05) is 0 Å². The van der Waals surface area contributed by atoms with E-state index in [1.807, 2.05) is 6.92 Å². The summed E-state index contributed by atoms with van der Waals surface area (Å²) >= 11 is 0. The first-order chi connectivity index (χ1) is 9.93. The van der Waals surface area contributed by atoms with Crippen LogP contribution in [0, 0.1) is 5.82 Å². The summed E-state index contributed by atoms with van der Waals surface area (Å²) in [6, 6.07) is 4.19. The molecule has 2 N–H and O–H groups in total. The van der Waals surface area contributed by atoms with E-state index >= 15 is 0 Å². The van der Waals surface area contributed by atoms with E-state index in [0.717, 1.165) is 0 Å². The average molecular weight is 302 g/mol. The van der Waals surface area contributed by atoms with Crippen LogP contribution in [0.1, 0.15) is 25.5 Å². The summed E-state index contributed by atoms with van der Waals surface area (Å²) in [6.07, 6.45) is -1.81. The molecule has 0 amide bonds. The maximum atomic E-state index is 13.6. The Morgan fingerprint density at radius 1 is 1.14 bits per heavy atom. The van der Waals surface area contributed by atoms with E-state index in [1.165, 1.54) is 19.1 Å². The van der Waals surface area contributed by atoms with E-state index in [0.29, 0.717) is 12.4 Å². The van der Waals surface area contributed by atoms with Crippen molar-refractivity contribution >= 4 is 0 Å². The molecular formula is C15H23FO5. The standard InChI is InChI=1S/C15H23FO5/c1-10(7-19-3)20-8-12(18)9-21-13-4-5-14(11(2)17)15(16)6-13/h4-6,10-12,17-18H,7-9H2,1-3H3. The second kappa shape index (κ2) is 8.94. The monoisotopic (exact) mass is 302 g/mol. The van der Waals surface area contributed by atoms with Gasteiger partial charge in [-0.25, -0.2) is 4.39 Å². The molecule has 0 bridgehead atoms. The second-order valence-electron chi connectivity index (χ2n) is 4.92. The van der Waals surface area contributed by atoms with Crippen molar-refractivity contribution in [1.29, 1.82) is 0 Å². The zero-order valence-corrected chi connectivity index (χ0v) is 12.6. The Kier molecular flexibility index (Phi) is 7.60. The van der Waals surface area contributed by atoms with Crippen LogP contribution in [-0.2, 0) is 9.47 Å². The Bertz CT molecular complexity index is 425. The Labute approximate surface area is 124 Å². The average Bonchev–Trinajstić information content (AvgIpc) is 2.43. The lowest BCUT2D eigenvalue weighted by molar-refractivity contribution is -0.0423. The van der Waals surface area contributed by atoms with Crippen LogP contribution < -0.4 is 4.74 Å². The number of methoxy groups -OCH3 is 1. The van der Waals surface area contributed by atoms with E-state index in [4.69, 9.17) is 14.2 Å². The molecule has 0 heterocycles. The highest BCUT2D eigenvalue weighted by Gasteiger charge is 2.12. The first-order valence-corrected chi connectivity index (χ1v) is 6.83. The molecular weight excluding hydrogens is 279 g/mol. The molecule has 0 aliphatic heterocycles. The van der Waals surface area contributed by atoms with Crippen LogP contribution in [0.5, 0.6) is 5.75 Å². The number of rotatable bonds is 9. The molecule has 21 heavy (non-hydrogen) atoms. The normalized spacial score (nSPS) is 15.5. The van der Waals surface area contributed by atoms with Gasteiger partial charge < -0.3 is 24.4 Å². The minimum absolute atomic E-state index is 0.00678. The third-order valence-electron chi connectivity index (χ3n) is 2.84. The molecule has 0 aliphatic rings. The lowest BCUT2D eigenvalue weighted by atomic mass is 10.1. The molecule has 1 aromatic rings. The molecule has 0 saturated carbocycles. The smallest absolute Gasteiger partial charge is 0.132 e. The third kappa shape index (κ3) is 6.39. The number of hydrogen-bond acceptors (Lipinski definition) is 5. The Hall–Kier alpha value is -1.21. The van der Waals surface area contributed by atoms with Crippen LogP contribution in [0.2, 0.25) is 0 Å². The van der Waals surface area contributed by atoms with Crippen molar-refractivity contribution in [1.82, 2.24) is 0 Å². The van der Waals surface area contributed by atoms with Crippen molar-refractivity contribution < 1.29 is 28.8 Å². The van der Waals surface area contributed by atoms with E-state index in [-0.39, 0.29) is 24.9 Å². The predicted octanol–water partition coefficient (Wildman–Crippen LogP) is 1.67. The van der Waals surface area contributed by atoms with E-state index in [9.17, 15) is 14.6 Å². The Morgan fingerprint density at radius 2 is 1.86 bits per heavy atom. The van der Waals surface area contributed by atoms with E-state index in [2.05, 4.69) is 0 Å². The van der Waals surface area contributed by atoms with Crippen LogP contribution in [0.4, 0.5) is 4.39 Å². The molecule has 120 valence electrons. The van der Waals surface area contributed by atoms with Crippen molar-refractivity contribution in [2.45, 2.75) is 32.2 Å². The molecule has 0 spiro atoms. The molecule has 5 nitrogen and oxygen atoms in total. The van der Waals surface area contributed by atoms with Crippen LogP contribution in [-0.4, -0.2) is 49.4 Å². The number of ether oxygens (including phenoxy) is 3. The zero-order chi connectivity index (χ0) is 15.8. The summed E-state index contributed by atoms with van der Waals surface area (Å²) in [4.78, 5) is 0. The van der Waals surface area contributed by atoms with E-state index < -0.39 is 18.0 Å². The number of benzene rings is 1. The van der Waals surface area contributed by atoms with Crippen molar-refractivity contribution in [3.8, 4) is 5.75 Å². The molecule has 3 unspecified atom stereocenters. The molecule has 0 fully saturated rings. The van der Waals surface area contributed by atoms with Crippen molar-refractivity contribution in [2.24, 2.45) is 0 Å². The van der Waals surface area contributed by atoms with Crippen LogP contribution >= 0.6 is 0 Å². The van der Waals surface area contributed by atoms with Gasteiger partial charge in [-0.2, -0.15) is 0 Å². The SMILES string of the molecule is COCC(C)OCC(O)COc1ccc(C(C)O)c(F)c1. The van der Waals surface area contributed by atoms with Gasteiger partial charge in [0.05, 0.1) is 25.4 Å². The maximum absolute atomic E-state index is 13.6. The molecule has 1 rings (SSSR count). The van der Waals surface area contributed by atoms with Crippen molar-refractivity contribution in [3.63, 3.8) is 0 Å². The minimum Gasteiger partial charge on any atom is -0.491 e. The summed E-state index contributed by atoms with van der Waals surface area (Å²) in [6.45, 7) is 3.87. The predicted molar refractivity (Wildman–Crippen MR) is 75.8 cm³/mol.